The van der Waals surface area contributed by atoms with Gasteiger partial charge in [0.2, 0.25) is 0 Å². The molecule has 0 spiro atoms. The maximum atomic E-state index is 13.9. The number of carbonyl (C=O) groups excluding carboxylic acids is 2. The fourth-order valence-electron chi connectivity index (χ4n) is 6.22. The van der Waals surface area contributed by atoms with E-state index < -0.39 is 12.2 Å². The van der Waals surface area contributed by atoms with Gasteiger partial charge in [-0.05, 0) is 61.2 Å². The molecule has 1 atom stereocenters. The standard InChI is InChI=1S/C32H36ClN7O4/c1-21-18-22(19-25(33)29(21)34)20-28(30(41)38-16-14-37(15-17-38)23-6-10-35-11-7-23)44-32(43)39-12-8-24(9-13-39)40-27-5-3-2-4-26(27)36-31(40)42/h2-7,10-11,18-19,24,28H,8-9,12-17,20,34H2,1H3,(H,36,42)/t28-/m1/s1. The van der Waals surface area contributed by atoms with Crippen molar-refractivity contribution >= 4 is 46.0 Å². The number of hydrogen-bond acceptors (Lipinski definition) is 7. The number of carbonyl (C=O) groups is 2. The number of piperidine rings is 1. The molecule has 0 radical (unpaired) electrons. The van der Waals surface area contributed by atoms with Crippen molar-refractivity contribution in [3.8, 4) is 0 Å². The number of rotatable bonds is 6. The number of nitrogens with one attached hydrogen (secondary N) is 1. The fraction of sp³-hybridized carbons (Fsp3) is 0.375. The molecule has 4 aromatic rings. The molecular formula is C32H36ClN7O4. The summed E-state index contributed by atoms with van der Waals surface area (Å²) in [5.41, 5.74) is 10.6. The molecule has 4 heterocycles. The first-order chi connectivity index (χ1) is 21.3. The second kappa shape index (κ2) is 12.6. The lowest BCUT2D eigenvalue weighted by Crippen LogP contribution is -2.53. The maximum absolute atomic E-state index is 13.9. The van der Waals surface area contributed by atoms with E-state index in [0.717, 1.165) is 27.8 Å². The van der Waals surface area contributed by atoms with Gasteiger partial charge in [0.15, 0.2) is 6.10 Å². The molecule has 44 heavy (non-hydrogen) atoms. The Balaban J connectivity index is 1.14. The van der Waals surface area contributed by atoms with Crippen LogP contribution in [0.25, 0.3) is 11.0 Å². The third-order valence-electron chi connectivity index (χ3n) is 8.67. The Morgan fingerprint density at radius 2 is 1.73 bits per heavy atom. The number of pyridine rings is 1. The number of aromatic nitrogens is 3. The van der Waals surface area contributed by atoms with E-state index in [-0.39, 0.29) is 24.1 Å². The molecule has 2 aromatic heterocycles. The number of likely N-dealkylation sites (tertiary alicyclic amines) is 1. The Bertz CT molecular complexity index is 1680. The lowest BCUT2D eigenvalue weighted by atomic mass is 10.0. The molecule has 0 bridgehead atoms. The Hall–Kier alpha value is -4.51. The zero-order valence-corrected chi connectivity index (χ0v) is 25.4. The van der Waals surface area contributed by atoms with Crippen LogP contribution in [0, 0.1) is 6.92 Å². The highest BCUT2D eigenvalue weighted by atomic mass is 35.5. The van der Waals surface area contributed by atoms with Gasteiger partial charge in [0.25, 0.3) is 5.91 Å². The Labute approximate surface area is 260 Å². The van der Waals surface area contributed by atoms with Crippen LogP contribution in [-0.4, -0.2) is 81.7 Å². The third-order valence-corrected chi connectivity index (χ3v) is 8.98. The zero-order valence-electron chi connectivity index (χ0n) is 24.6. The van der Waals surface area contributed by atoms with Crippen molar-refractivity contribution in [2.24, 2.45) is 0 Å². The number of fused-ring (bicyclic) bond motifs is 1. The summed E-state index contributed by atoms with van der Waals surface area (Å²) in [5, 5.41) is 0.401. The second-order valence-electron chi connectivity index (χ2n) is 11.4. The largest absolute Gasteiger partial charge is 0.436 e. The van der Waals surface area contributed by atoms with E-state index in [1.165, 1.54) is 0 Å². The molecule has 11 nitrogen and oxygen atoms in total. The van der Waals surface area contributed by atoms with Crippen molar-refractivity contribution in [2.75, 3.05) is 49.9 Å². The van der Waals surface area contributed by atoms with Gasteiger partial charge in [0.1, 0.15) is 0 Å². The van der Waals surface area contributed by atoms with Crippen LogP contribution in [0.1, 0.15) is 30.0 Å². The van der Waals surface area contributed by atoms with Crippen LogP contribution in [0.4, 0.5) is 16.2 Å². The fourth-order valence-corrected chi connectivity index (χ4v) is 6.51. The van der Waals surface area contributed by atoms with Crippen LogP contribution in [0.5, 0.6) is 0 Å². The summed E-state index contributed by atoms with van der Waals surface area (Å²) in [6, 6.07) is 15.1. The summed E-state index contributed by atoms with van der Waals surface area (Å²) >= 11 is 6.36. The van der Waals surface area contributed by atoms with E-state index in [2.05, 4.69) is 14.9 Å². The lowest BCUT2D eigenvalue weighted by molar-refractivity contribution is -0.141. The number of hydrogen-bond donors (Lipinski definition) is 2. The zero-order chi connectivity index (χ0) is 30.8. The molecule has 2 aliphatic heterocycles. The van der Waals surface area contributed by atoms with Crippen LogP contribution in [0.15, 0.2) is 65.7 Å². The molecular weight excluding hydrogens is 582 g/mol. The summed E-state index contributed by atoms with van der Waals surface area (Å²) < 4.78 is 7.76. The third kappa shape index (κ3) is 6.10. The summed E-state index contributed by atoms with van der Waals surface area (Å²) in [7, 11) is 0. The summed E-state index contributed by atoms with van der Waals surface area (Å²) in [6.45, 7) is 4.99. The first kappa shape index (κ1) is 29.6. The quantitative estimate of drug-likeness (QED) is 0.313. The molecule has 3 N–H and O–H groups in total. The van der Waals surface area contributed by atoms with E-state index >= 15 is 0 Å². The van der Waals surface area contributed by atoms with Crippen LogP contribution >= 0.6 is 11.6 Å². The SMILES string of the molecule is Cc1cc(C[C@@H](OC(=O)N2CCC(n3c(=O)[nH]c4ccccc43)CC2)C(=O)N2CCN(c3ccncc3)CC2)cc(Cl)c1N. The highest BCUT2D eigenvalue weighted by molar-refractivity contribution is 6.33. The predicted octanol–water partition coefficient (Wildman–Crippen LogP) is 4.00. The molecule has 6 rings (SSSR count). The number of ether oxygens (including phenoxy) is 1. The van der Waals surface area contributed by atoms with Crippen molar-refractivity contribution < 1.29 is 14.3 Å². The number of anilines is 2. The molecule has 0 aliphatic carbocycles. The number of H-pyrrole nitrogens is 1. The van der Waals surface area contributed by atoms with Crippen molar-refractivity contribution in [1.29, 1.82) is 0 Å². The summed E-state index contributed by atoms with van der Waals surface area (Å²) in [6.07, 6.45) is 3.31. The van der Waals surface area contributed by atoms with Crippen LogP contribution < -0.4 is 16.3 Å². The Morgan fingerprint density at radius 1 is 1.02 bits per heavy atom. The van der Waals surface area contributed by atoms with E-state index in [1.54, 1.807) is 32.8 Å². The molecule has 2 aliphatic rings. The summed E-state index contributed by atoms with van der Waals surface area (Å²) in [5.74, 6) is -0.237. The number of imidazole rings is 1. The molecule has 0 unspecified atom stereocenters. The van der Waals surface area contributed by atoms with Gasteiger partial charge in [0, 0.05) is 69.8 Å². The van der Waals surface area contributed by atoms with Gasteiger partial charge in [-0.2, -0.15) is 0 Å². The number of para-hydroxylation sites is 2. The maximum Gasteiger partial charge on any atom is 0.410 e. The molecule has 2 amide bonds. The smallest absolute Gasteiger partial charge is 0.410 e. The van der Waals surface area contributed by atoms with Crippen molar-refractivity contribution in [2.45, 2.75) is 38.3 Å². The summed E-state index contributed by atoms with van der Waals surface area (Å²) in [4.78, 5) is 52.6. The minimum Gasteiger partial charge on any atom is -0.436 e. The first-order valence-corrected chi connectivity index (χ1v) is 15.3. The highest BCUT2D eigenvalue weighted by Crippen LogP contribution is 2.28. The van der Waals surface area contributed by atoms with Crippen LogP contribution in [0.3, 0.4) is 0 Å². The normalized spacial score (nSPS) is 16.7. The molecule has 2 fully saturated rings. The monoisotopic (exact) mass is 617 g/mol. The minimum atomic E-state index is -1.02. The van der Waals surface area contributed by atoms with Gasteiger partial charge in [-0.25, -0.2) is 9.59 Å². The number of nitrogens with zero attached hydrogens (tertiary/aromatic N) is 5. The number of halogens is 1. The Morgan fingerprint density at radius 3 is 2.43 bits per heavy atom. The molecule has 2 aromatic carbocycles. The van der Waals surface area contributed by atoms with E-state index in [9.17, 15) is 14.4 Å². The van der Waals surface area contributed by atoms with Crippen molar-refractivity contribution in [3.05, 3.63) is 87.6 Å². The molecule has 0 saturated carbocycles. The van der Waals surface area contributed by atoms with Gasteiger partial charge in [-0.1, -0.05) is 29.8 Å². The molecule has 2 saturated heterocycles. The lowest BCUT2D eigenvalue weighted by Gasteiger charge is -2.38. The van der Waals surface area contributed by atoms with Gasteiger partial charge in [-0.15, -0.1) is 0 Å². The van der Waals surface area contributed by atoms with Crippen LogP contribution in [0.2, 0.25) is 5.02 Å². The van der Waals surface area contributed by atoms with Gasteiger partial charge < -0.3 is 30.2 Å². The van der Waals surface area contributed by atoms with Gasteiger partial charge in [0.05, 0.1) is 21.7 Å². The number of piperazine rings is 1. The second-order valence-corrected chi connectivity index (χ2v) is 11.8. The minimum absolute atomic E-state index is 0.0447. The van der Waals surface area contributed by atoms with Crippen molar-refractivity contribution in [3.63, 3.8) is 0 Å². The first-order valence-electron chi connectivity index (χ1n) is 14.9. The van der Waals surface area contributed by atoms with Gasteiger partial charge >= 0.3 is 11.8 Å². The number of amides is 2. The van der Waals surface area contributed by atoms with E-state index in [4.69, 9.17) is 22.1 Å². The molecule has 230 valence electrons. The number of aryl methyl sites for hydroxylation is 1. The molecule has 12 heteroatoms. The predicted molar refractivity (Wildman–Crippen MR) is 170 cm³/mol. The van der Waals surface area contributed by atoms with E-state index in [1.807, 2.05) is 49.4 Å². The topological polar surface area (TPSA) is 130 Å². The average molecular weight is 618 g/mol. The number of nitrogens with two attached hydrogens (primary N) is 1. The van der Waals surface area contributed by atoms with E-state index in [0.29, 0.717) is 62.8 Å². The van der Waals surface area contributed by atoms with Crippen molar-refractivity contribution in [1.82, 2.24) is 24.3 Å². The van der Waals surface area contributed by atoms with Gasteiger partial charge in [-0.3, -0.25) is 14.3 Å². The highest BCUT2D eigenvalue weighted by Gasteiger charge is 2.34. The number of nitrogen functional groups attached to an aromatic ring is 1. The number of benzene rings is 2. The van der Waals surface area contributed by atoms with Crippen LogP contribution in [-0.2, 0) is 16.0 Å². The number of aromatic amines is 1. The average Bonchev–Trinajstić information content (AvgIpc) is 3.39. The Kier molecular flexibility index (Phi) is 8.47.